The fraction of sp³-hybridized carbons (Fsp3) is 0.375. The molecule has 0 aliphatic rings. The van der Waals surface area contributed by atoms with Crippen LogP contribution in [0.15, 0.2) is 17.1 Å². The van der Waals surface area contributed by atoms with Crippen molar-refractivity contribution in [2.24, 2.45) is 0 Å². The Bertz CT molecular complexity index is 316. The summed E-state index contributed by atoms with van der Waals surface area (Å²) in [5.74, 6) is -0.431. The molecule has 0 aliphatic carbocycles. The fourth-order valence-electron chi connectivity index (χ4n) is 0.915. The van der Waals surface area contributed by atoms with Gasteiger partial charge in [-0.2, -0.15) is 0 Å². The lowest BCUT2D eigenvalue weighted by Gasteiger charge is -2.01. The first-order chi connectivity index (χ1) is 5.16. The number of halogens is 1. The summed E-state index contributed by atoms with van der Waals surface area (Å²) in [6.45, 7) is 3.92. The molecule has 1 rings (SSSR count). The summed E-state index contributed by atoms with van der Waals surface area (Å²) in [6, 6.07) is 1.31. The minimum atomic E-state index is -0.431. The number of hydrogen-bond acceptors (Lipinski definition) is 1. The zero-order chi connectivity index (χ0) is 8.43. The van der Waals surface area contributed by atoms with E-state index >= 15 is 0 Å². The Kier molecular flexibility index (Phi) is 2.08. The van der Waals surface area contributed by atoms with Crippen molar-refractivity contribution in [2.75, 3.05) is 0 Å². The summed E-state index contributed by atoms with van der Waals surface area (Å²) in [5, 5.41) is 0. The van der Waals surface area contributed by atoms with E-state index in [9.17, 15) is 9.18 Å². The van der Waals surface area contributed by atoms with Crippen molar-refractivity contribution < 1.29 is 4.39 Å². The molecule has 3 heteroatoms. The molecule has 1 aromatic heterocycles. The maximum atomic E-state index is 12.7. The van der Waals surface area contributed by atoms with E-state index in [4.69, 9.17) is 0 Å². The Labute approximate surface area is 64.3 Å². The number of rotatable bonds is 1. The second-order valence-electron chi connectivity index (χ2n) is 2.38. The molecule has 0 atom stereocenters. The highest BCUT2D eigenvalue weighted by Crippen LogP contribution is 1.97. The van der Waals surface area contributed by atoms with Crippen LogP contribution >= 0.6 is 0 Å². The van der Waals surface area contributed by atoms with E-state index in [1.807, 2.05) is 6.92 Å². The van der Waals surface area contributed by atoms with Gasteiger partial charge in [0.25, 0.3) is 5.56 Å². The average Bonchev–Trinajstić information content (AvgIpc) is 2.01. The Balaban J connectivity index is 3.37. The van der Waals surface area contributed by atoms with Gasteiger partial charge in [0.15, 0.2) is 0 Å². The van der Waals surface area contributed by atoms with Crippen molar-refractivity contribution in [1.82, 2.24) is 4.57 Å². The largest absolute Gasteiger partial charge is 0.315 e. The normalized spacial score (nSPS) is 10.1. The maximum Gasteiger partial charge on any atom is 0.256 e. The molecule has 11 heavy (non-hydrogen) atoms. The predicted octanol–water partition coefficient (Wildman–Crippen LogP) is 1.32. The molecular weight excluding hydrogens is 145 g/mol. The summed E-state index contributed by atoms with van der Waals surface area (Å²) in [4.78, 5) is 11.1. The molecule has 0 spiro atoms. The predicted molar refractivity (Wildman–Crippen MR) is 41.1 cm³/mol. The molecule has 0 saturated heterocycles. The van der Waals surface area contributed by atoms with Gasteiger partial charge < -0.3 is 4.57 Å². The van der Waals surface area contributed by atoms with Crippen LogP contribution in [0.25, 0.3) is 0 Å². The van der Waals surface area contributed by atoms with Crippen LogP contribution in [0.2, 0.25) is 0 Å². The Morgan fingerprint density at radius 3 is 2.82 bits per heavy atom. The highest BCUT2D eigenvalue weighted by molar-refractivity contribution is 5.10. The number of hydrogen-bond donors (Lipinski definition) is 0. The molecule has 0 amide bonds. The van der Waals surface area contributed by atoms with E-state index in [0.717, 1.165) is 0 Å². The molecule has 60 valence electrons. The van der Waals surface area contributed by atoms with Gasteiger partial charge in [-0.1, -0.05) is 0 Å². The second kappa shape index (κ2) is 2.86. The molecule has 0 aromatic carbocycles. The van der Waals surface area contributed by atoms with E-state index in [1.165, 1.54) is 23.8 Å². The number of aromatic nitrogens is 1. The maximum absolute atomic E-state index is 12.7. The fourth-order valence-corrected chi connectivity index (χ4v) is 0.915. The second-order valence-corrected chi connectivity index (χ2v) is 2.38. The van der Waals surface area contributed by atoms with E-state index < -0.39 is 5.82 Å². The summed E-state index contributed by atoms with van der Waals surface area (Å²) in [6.07, 6.45) is 1.46. The van der Waals surface area contributed by atoms with Gasteiger partial charge in [0, 0.05) is 12.7 Å². The SMILES string of the molecule is CCn1ccc(F)c(C)c1=O. The molecule has 0 fully saturated rings. The quantitative estimate of drug-likeness (QED) is 0.599. The van der Waals surface area contributed by atoms with Crippen LogP contribution in [-0.4, -0.2) is 4.57 Å². The van der Waals surface area contributed by atoms with Gasteiger partial charge in [0.2, 0.25) is 0 Å². The Morgan fingerprint density at radius 2 is 2.27 bits per heavy atom. The molecule has 2 nitrogen and oxygen atoms in total. The zero-order valence-corrected chi connectivity index (χ0v) is 6.60. The lowest BCUT2D eigenvalue weighted by Crippen LogP contribution is -2.21. The van der Waals surface area contributed by atoms with Crippen LogP contribution in [0.5, 0.6) is 0 Å². The average molecular weight is 155 g/mol. The first-order valence-electron chi connectivity index (χ1n) is 3.52. The Morgan fingerprint density at radius 1 is 1.64 bits per heavy atom. The molecule has 0 N–H and O–H groups in total. The van der Waals surface area contributed by atoms with Crippen molar-refractivity contribution in [1.29, 1.82) is 0 Å². The first-order valence-corrected chi connectivity index (χ1v) is 3.52. The molecule has 1 heterocycles. The van der Waals surface area contributed by atoms with Crippen LogP contribution in [0, 0.1) is 12.7 Å². The van der Waals surface area contributed by atoms with E-state index in [2.05, 4.69) is 0 Å². The van der Waals surface area contributed by atoms with Gasteiger partial charge in [-0.05, 0) is 19.9 Å². The van der Waals surface area contributed by atoms with Gasteiger partial charge in [0.1, 0.15) is 5.82 Å². The van der Waals surface area contributed by atoms with Crippen LogP contribution in [0.1, 0.15) is 12.5 Å². The van der Waals surface area contributed by atoms with E-state index in [1.54, 1.807) is 0 Å². The highest BCUT2D eigenvalue weighted by Gasteiger charge is 2.02. The van der Waals surface area contributed by atoms with Crippen molar-refractivity contribution in [3.05, 3.63) is 34.0 Å². The lowest BCUT2D eigenvalue weighted by atomic mass is 10.3. The van der Waals surface area contributed by atoms with Crippen molar-refractivity contribution >= 4 is 0 Å². The monoisotopic (exact) mass is 155 g/mol. The summed E-state index contributed by atoms with van der Waals surface area (Å²) in [5.41, 5.74) is -0.0538. The molecule has 0 radical (unpaired) electrons. The van der Waals surface area contributed by atoms with Crippen LogP contribution < -0.4 is 5.56 Å². The highest BCUT2D eigenvalue weighted by atomic mass is 19.1. The lowest BCUT2D eigenvalue weighted by molar-refractivity contribution is 0.596. The van der Waals surface area contributed by atoms with Crippen LogP contribution in [0.4, 0.5) is 4.39 Å². The topological polar surface area (TPSA) is 22.0 Å². The minimum Gasteiger partial charge on any atom is -0.315 e. The molecule has 1 aromatic rings. The molecule has 0 bridgehead atoms. The third kappa shape index (κ3) is 1.31. The molecular formula is C8H10FNO. The van der Waals surface area contributed by atoms with Crippen LogP contribution in [0.3, 0.4) is 0 Å². The van der Waals surface area contributed by atoms with Crippen molar-refractivity contribution in [2.45, 2.75) is 20.4 Å². The van der Waals surface area contributed by atoms with Crippen molar-refractivity contribution in [3.8, 4) is 0 Å². The van der Waals surface area contributed by atoms with Crippen LogP contribution in [-0.2, 0) is 6.54 Å². The van der Waals surface area contributed by atoms with Gasteiger partial charge in [-0.15, -0.1) is 0 Å². The summed E-state index contributed by atoms with van der Waals surface area (Å²) in [7, 11) is 0. The zero-order valence-electron chi connectivity index (χ0n) is 6.60. The third-order valence-corrected chi connectivity index (χ3v) is 1.68. The number of nitrogens with zero attached hydrogens (tertiary/aromatic N) is 1. The number of pyridine rings is 1. The molecule has 0 saturated carbocycles. The number of aryl methyl sites for hydroxylation is 1. The smallest absolute Gasteiger partial charge is 0.256 e. The van der Waals surface area contributed by atoms with Crippen molar-refractivity contribution in [3.63, 3.8) is 0 Å². The van der Waals surface area contributed by atoms with Gasteiger partial charge in [0.05, 0.1) is 5.56 Å². The van der Waals surface area contributed by atoms with E-state index in [-0.39, 0.29) is 11.1 Å². The third-order valence-electron chi connectivity index (χ3n) is 1.68. The summed E-state index contributed by atoms with van der Waals surface area (Å²) < 4.78 is 14.2. The van der Waals surface area contributed by atoms with Gasteiger partial charge >= 0.3 is 0 Å². The van der Waals surface area contributed by atoms with E-state index in [0.29, 0.717) is 6.54 Å². The standard InChI is InChI=1S/C8H10FNO/c1-3-10-5-4-7(9)6(2)8(10)11/h4-5H,3H2,1-2H3. The summed E-state index contributed by atoms with van der Waals surface area (Å²) >= 11 is 0. The first kappa shape index (κ1) is 7.98. The Hall–Kier alpha value is -1.12. The molecule has 0 unspecified atom stereocenters. The van der Waals surface area contributed by atoms with Gasteiger partial charge in [-0.3, -0.25) is 4.79 Å². The van der Waals surface area contributed by atoms with Gasteiger partial charge in [-0.25, -0.2) is 4.39 Å². The minimum absolute atomic E-state index is 0.189. The molecule has 0 aliphatic heterocycles.